The lowest BCUT2D eigenvalue weighted by Gasteiger charge is -2.16. The summed E-state index contributed by atoms with van der Waals surface area (Å²) in [5.41, 5.74) is 7.79. The molecule has 4 nitrogen and oxygen atoms in total. The number of carboxylic acid groups (broad SMARTS) is 1. The number of ether oxygens (including phenoxy) is 1. The monoisotopic (exact) mass is 237 g/mol. The van der Waals surface area contributed by atoms with Crippen LogP contribution in [-0.4, -0.2) is 17.7 Å². The van der Waals surface area contributed by atoms with Crippen molar-refractivity contribution in [3.05, 3.63) is 29.3 Å². The van der Waals surface area contributed by atoms with Gasteiger partial charge in [0, 0.05) is 11.6 Å². The van der Waals surface area contributed by atoms with E-state index in [0.717, 1.165) is 17.5 Å². The third kappa shape index (κ3) is 3.75. The van der Waals surface area contributed by atoms with Crippen LogP contribution in [-0.2, 0) is 11.2 Å². The zero-order valence-corrected chi connectivity index (χ0v) is 10.3. The summed E-state index contributed by atoms with van der Waals surface area (Å²) in [6.45, 7) is 4.47. The van der Waals surface area contributed by atoms with Crippen LogP contribution in [0.2, 0.25) is 0 Å². The van der Waals surface area contributed by atoms with E-state index in [2.05, 4.69) is 0 Å². The third-order valence-electron chi connectivity index (χ3n) is 2.58. The second kappa shape index (κ2) is 6.25. The molecule has 0 bridgehead atoms. The SMILES string of the molecule is CCOc1ccc(CC)cc1C(N)CC(=O)O. The summed E-state index contributed by atoms with van der Waals surface area (Å²) in [6.07, 6.45) is 0.798. The molecule has 1 atom stereocenters. The first-order valence-electron chi connectivity index (χ1n) is 5.81. The normalized spacial score (nSPS) is 12.2. The van der Waals surface area contributed by atoms with E-state index in [1.54, 1.807) is 0 Å². The molecule has 94 valence electrons. The molecule has 0 aliphatic carbocycles. The smallest absolute Gasteiger partial charge is 0.305 e. The van der Waals surface area contributed by atoms with Crippen LogP contribution in [0.3, 0.4) is 0 Å². The fourth-order valence-electron chi connectivity index (χ4n) is 1.69. The van der Waals surface area contributed by atoms with Gasteiger partial charge in [0.05, 0.1) is 13.0 Å². The summed E-state index contributed by atoms with van der Waals surface area (Å²) in [5.74, 6) is -0.222. The van der Waals surface area contributed by atoms with Gasteiger partial charge in [0.1, 0.15) is 5.75 Å². The molecule has 0 aromatic heterocycles. The number of carbonyl (C=O) groups is 1. The van der Waals surface area contributed by atoms with E-state index < -0.39 is 12.0 Å². The maximum absolute atomic E-state index is 10.7. The molecule has 3 N–H and O–H groups in total. The largest absolute Gasteiger partial charge is 0.494 e. The van der Waals surface area contributed by atoms with Crippen molar-refractivity contribution in [2.75, 3.05) is 6.61 Å². The molecule has 0 aliphatic heterocycles. The first kappa shape index (κ1) is 13.5. The Kier molecular flexibility index (Phi) is 4.97. The minimum atomic E-state index is -0.901. The highest BCUT2D eigenvalue weighted by molar-refractivity contribution is 5.68. The van der Waals surface area contributed by atoms with Crippen molar-refractivity contribution in [3.8, 4) is 5.75 Å². The minimum absolute atomic E-state index is 0.0900. The van der Waals surface area contributed by atoms with E-state index >= 15 is 0 Å². The zero-order valence-electron chi connectivity index (χ0n) is 10.3. The van der Waals surface area contributed by atoms with Gasteiger partial charge in [-0.15, -0.1) is 0 Å². The highest BCUT2D eigenvalue weighted by atomic mass is 16.5. The van der Waals surface area contributed by atoms with E-state index in [1.165, 1.54) is 0 Å². The number of nitrogens with two attached hydrogens (primary N) is 1. The second-order valence-corrected chi connectivity index (χ2v) is 3.86. The predicted molar refractivity (Wildman–Crippen MR) is 66.2 cm³/mol. The average molecular weight is 237 g/mol. The third-order valence-corrected chi connectivity index (χ3v) is 2.58. The lowest BCUT2D eigenvalue weighted by atomic mass is 10.00. The molecule has 0 radical (unpaired) electrons. The maximum atomic E-state index is 10.7. The topological polar surface area (TPSA) is 72.5 Å². The molecule has 1 aromatic carbocycles. The summed E-state index contributed by atoms with van der Waals surface area (Å²) in [5, 5.41) is 8.77. The lowest BCUT2D eigenvalue weighted by molar-refractivity contribution is -0.137. The number of aryl methyl sites for hydroxylation is 1. The molecule has 0 amide bonds. The summed E-state index contributed by atoms with van der Waals surface area (Å²) in [7, 11) is 0. The van der Waals surface area contributed by atoms with Gasteiger partial charge in [0.2, 0.25) is 0 Å². The van der Waals surface area contributed by atoms with Gasteiger partial charge in [-0.05, 0) is 25.0 Å². The van der Waals surface area contributed by atoms with E-state index in [9.17, 15) is 4.79 Å². The lowest BCUT2D eigenvalue weighted by Crippen LogP contribution is -2.16. The molecular weight excluding hydrogens is 218 g/mol. The first-order chi connectivity index (χ1) is 8.08. The van der Waals surface area contributed by atoms with Gasteiger partial charge in [-0.3, -0.25) is 4.79 Å². The molecule has 0 heterocycles. The first-order valence-corrected chi connectivity index (χ1v) is 5.81. The van der Waals surface area contributed by atoms with Gasteiger partial charge in [0.25, 0.3) is 0 Å². The van der Waals surface area contributed by atoms with E-state index in [1.807, 2.05) is 32.0 Å². The summed E-state index contributed by atoms with van der Waals surface area (Å²) in [4.78, 5) is 10.7. The molecule has 0 saturated carbocycles. The molecule has 0 spiro atoms. The maximum Gasteiger partial charge on any atom is 0.305 e. The Morgan fingerprint density at radius 3 is 2.71 bits per heavy atom. The molecule has 17 heavy (non-hydrogen) atoms. The van der Waals surface area contributed by atoms with Crippen molar-refractivity contribution < 1.29 is 14.6 Å². The van der Waals surface area contributed by atoms with Gasteiger partial charge in [-0.2, -0.15) is 0 Å². The van der Waals surface area contributed by atoms with Crippen LogP contribution in [0.4, 0.5) is 0 Å². The Balaban J connectivity index is 3.02. The average Bonchev–Trinajstić information content (AvgIpc) is 2.29. The van der Waals surface area contributed by atoms with Crippen LogP contribution in [0, 0.1) is 0 Å². The summed E-state index contributed by atoms with van der Waals surface area (Å²) < 4.78 is 5.47. The number of hydrogen-bond donors (Lipinski definition) is 2. The Labute approximate surface area is 101 Å². The van der Waals surface area contributed by atoms with Gasteiger partial charge in [-0.1, -0.05) is 19.1 Å². The van der Waals surface area contributed by atoms with Crippen molar-refractivity contribution >= 4 is 5.97 Å². The molecule has 1 aromatic rings. The number of aliphatic carboxylic acids is 1. The molecule has 0 fully saturated rings. The summed E-state index contributed by atoms with van der Waals surface area (Å²) >= 11 is 0. The Morgan fingerprint density at radius 1 is 1.47 bits per heavy atom. The fraction of sp³-hybridized carbons (Fsp3) is 0.462. The van der Waals surface area contributed by atoms with Crippen LogP contribution < -0.4 is 10.5 Å². The van der Waals surface area contributed by atoms with Crippen LogP contribution in [0.1, 0.15) is 37.4 Å². The summed E-state index contributed by atoms with van der Waals surface area (Å²) in [6, 6.07) is 5.24. The van der Waals surface area contributed by atoms with Crippen LogP contribution in [0.25, 0.3) is 0 Å². The second-order valence-electron chi connectivity index (χ2n) is 3.86. The van der Waals surface area contributed by atoms with Crippen LogP contribution in [0.15, 0.2) is 18.2 Å². The number of rotatable bonds is 6. The van der Waals surface area contributed by atoms with E-state index in [-0.39, 0.29) is 6.42 Å². The van der Waals surface area contributed by atoms with Crippen molar-refractivity contribution in [2.45, 2.75) is 32.7 Å². The predicted octanol–water partition coefficient (Wildman–Crippen LogP) is 2.12. The van der Waals surface area contributed by atoms with Crippen molar-refractivity contribution in [1.82, 2.24) is 0 Å². The fourth-order valence-corrected chi connectivity index (χ4v) is 1.69. The number of hydrogen-bond acceptors (Lipinski definition) is 3. The highest BCUT2D eigenvalue weighted by Gasteiger charge is 2.15. The Bertz CT molecular complexity index is 390. The number of benzene rings is 1. The minimum Gasteiger partial charge on any atom is -0.494 e. The van der Waals surface area contributed by atoms with Gasteiger partial charge >= 0.3 is 5.97 Å². The molecule has 1 rings (SSSR count). The molecule has 0 saturated heterocycles. The van der Waals surface area contributed by atoms with Crippen molar-refractivity contribution in [2.24, 2.45) is 5.73 Å². The molecular formula is C13H19NO3. The Morgan fingerprint density at radius 2 is 2.18 bits per heavy atom. The van der Waals surface area contributed by atoms with E-state index in [0.29, 0.717) is 12.4 Å². The van der Waals surface area contributed by atoms with Gasteiger partial charge in [0.15, 0.2) is 0 Å². The van der Waals surface area contributed by atoms with Crippen LogP contribution in [0.5, 0.6) is 5.75 Å². The van der Waals surface area contributed by atoms with Gasteiger partial charge in [-0.25, -0.2) is 0 Å². The number of carboxylic acids is 1. The van der Waals surface area contributed by atoms with Gasteiger partial charge < -0.3 is 15.6 Å². The highest BCUT2D eigenvalue weighted by Crippen LogP contribution is 2.27. The van der Waals surface area contributed by atoms with E-state index in [4.69, 9.17) is 15.6 Å². The van der Waals surface area contributed by atoms with Crippen molar-refractivity contribution in [1.29, 1.82) is 0 Å². The molecule has 1 unspecified atom stereocenters. The molecule has 0 aliphatic rings. The quantitative estimate of drug-likeness (QED) is 0.795. The van der Waals surface area contributed by atoms with Crippen molar-refractivity contribution in [3.63, 3.8) is 0 Å². The van der Waals surface area contributed by atoms with Crippen LogP contribution >= 0.6 is 0 Å². The zero-order chi connectivity index (χ0) is 12.8. The molecule has 4 heteroatoms. The Hall–Kier alpha value is -1.55. The standard InChI is InChI=1S/C13H19NO3/c1-3-9-5-6-12(17-4-2)10(7-9)11(14)8-13(15)16/h5-7,11H,3-4,8,14H2,1-2H3,(H,15,16).